The van der Waals surface area contributed by atoms with Crippen LogP contribution in [0.25, 0.3) is 0 Å². The number of nitrogens with zero attached hydrogens (tertiary/aromatic N) is 1. The van der Waals surface area contributed by atoms with Crippen LogP contribution in [0.15, 0.2) is 30.3 Å². The summed E-state index contributed by atoms with van der Waals surface area (Å²) >= 11 is 0. The normalized spacial score (nSPS) is 28.6. The van der Waals surface area contributed by atoms with Crippen molar-refractivity contribution in [1.29, 1.82) is 0 Å². The molecule has 25 heavy (non-hydrogen) atoms. The Morgan fingerprint density at radius 1 is 1.24 bits per heavy atom. The topological polar surface area (TPSA) is 76.1 Å². The van der Waals surface area contributed by atoms with Crippen LogP contribution in [0.4, 0.5) is 0 Å². The van der Waals surface area contributed by atoms with Crippen LogP contribution in [0.1, 0.15) is 36.0 Å². The number of methoxy groups -OCH3 is 1. The van der Waals surface area contributed by atoms with Crippen LogP contribution in [0.3, 0.4) is 0 Å². The Balaban J connectivity index is 1.77. The van der Waals surface area contributed by atoms with Crippen LogP contribution in [0.2, 0.25) is 0 Å². The fourth-order valence-electron chi connectivity index (χ4n) is 4.22. The Kier molecular flexibility index (Phi) is 5.71. The van der Waals surface area contributed by atoms with Crippen molar-refractivity contribution in [3.05, 3.63) is 35.9 Å². The van der Waals surface area contributed by atoms with Crippen molar-refractivity contribution in [2.45, 2.75) is 43.9 Å². The molecule has 136 valence electrons. The van der Waals surface area contributed by atoms with Crippen molar-refractivity contribution < 1.29 is 24.2 Å². The molecule has 6 nitrogen and oxygen atoms in total. The van der Waals surface area contributed by atoms with Gasteiger partial charge in [-0.3, -0.25) is 9.69 Å². The number of fused-ring (bicyclic) bond motifs is 2. The Labute approximate surface area is 147 Å². The minimum absolute atomic E-state index is 0.00585. The van der Waals surface area contributed by atoms with E-state index in [0.29, 0.717) is 18.4 Å². The lowest BCUT2D eigenvalue weighted by molar-refractivity contribution is -0.156. The van der Waals surface area contributed by atoms with E-state index in [1.807, 2.05) is 6.07 Å². The highest BCUT2D eigenvalue weighted by atomic mass is 16.6. The van der Waals surface area contributed by atoms with Gasteiger partial charge in [-0.25, -0.2) is 4.79 Å². The lowest BCUT2D eigenvalue weighted by Crippen LogP contribution is -2.55. The summed E-state index contributed by atoms with van der Waals surface area (Å²) in [5.74, 6) is -1.21. The van der Waals surface area contributed by atoms with Gasteiger partial charge in [-0.2, -0.15) is 0 Å². The SMILES string of the molecule is COC(=O)C1C(OC(=O)c2ccccc2)CC2CCC1N2CCCO. The number of ether oxygens (including phenoxy) is 2. The number of aliphatic hydroxyl groups is 1. The van der Waals surface area contributed by atoms with Crippen LogP contribution < -0.4 is 0 Å². The smallest absolute Gasteiger partial charge is 0.338 e. The van der Waals surface area contributed by atoms with Crippen LogP contribution in [0.5, 0.6) is 0 Å². The van der Waals surface area contributed by atoms with Crippen LogP contribution in [-0.4, -0.2) is 60.4 Å². The zero-order valence-electron chi connectivity index (χ0n) is 14.5. The second-order valence-corrected chi connectivity index (χ2v) is 6.71. The first-order valence-electron chi connectivity index (χ1n) is 8.86. The van der Waals surface area contributed by atoms with Crippen molar-refractivity contribution in [3.8, 4) is 0 Å². The van der Waals surface area contributed by atoms with Gasteiger partial charge in [0.2, 0.25) is 0 Å². The number of piperidine rings is 1. The van der Waals surface area contributed by atoms with E-state index in [2.05, 4.69) is 4.90 Å². The summed E-state index contributed by atoms with van der Waals surface area (Å²) in [6.07, 6.45) is 2.69. The minimum atomic E-state index is -0.477. The summed E-state index contributed by atoms with van der Waals surface area (Å²) < 4.78 is 10.7. The molecule has 2 bridgehead atoms. The summed E-state index contributed by atoms with van der Waals surface area (Å²) in [6, 6.07) is 9.12. The molecule has 4 unspecified atom stereocenters. The lowest BCUT2D eigenvalue weighted by atomic mass is 9.87. The number of esters is 2. The highest BCUT2D eigenvalue weighted by molar-refractivity contribution is 5.89. The summed E-state index contributed by atoms with van der Waals surface area (Å²) in [7, 11) is 1.37. The van der Waals surface area contributed by atoms with E-state index in [4.69, 9.17) is 14.6 Å². The number of carbonyl (C=O) groups is 2. The van der Waals surface area contributed by atoms with Gasteiger partial charge in [0.25, 0.3) is 0 Å². The van der Waals surface area contributed by atoms with Gasteiger partial charge in [0.05, 0.1) is 12.7 Å². The molecule has 2 aliphatic rings. The highest BCUT2D eigenvalue weighted by Crippen LogP contribution is 2.41. The van der Waals surface area contributed by atoms with E-state index < -0.39 is 18.0 Å². The van der Waals surface area contributed by atoms with Crippen molar-refractivity contribution in [2.24, 2.45) is 5.92 Å². The molecule has 4 atom stereocenters. The summed E-state index contributed by atoms with van der Waals surface area (Å²) in [4.78, 5) is 27.1. The third-order valence-electron chi connectivity index (χ3n) is 5.33. The quantitative estimate of drug-likeness (QED) is 0.788. The fraction of sp³-hybridized carbons (Fsp3) is 0.579. The van der Waals surface area contributed by atoms with Gasteiger partial charge in [0.1, 0.15) is 12.0 Å². The predicted molar refractivity (Wildman–Crippen MR) is 91.0 cm³/mol. The van der Waals surface area contributed by atoms with Gasteiger partial charge in [0.15, 0.2) is 0 Å². The first-order valence-corrected chi connectivity index (χ1v) is 8.86. The highest BCUT2D eigenvalue weighted by Gasteiger charge is 2.52. The molecular weight excluding hydrogens is 322 g/mol. The van der Waals surface area contributed by atoms with E-state index in [-0.39, 0.29) is 24.7 Å². The molecule has 1 N–H and O–H groups in total. The largest absolute Gasteiger partial charge is 0.469 e. The maximum atomic E-state index is 12.4. The van der Waals surface area contributed by atoms with Crippen LogP contribution in [0, 0.1) is 5.92 Å². The van der Waals surface area contributed by atoms with Crippen molar-refractivity contribution >= 4 is 11.9 Å². The molecule has 2 fully saturated rings. The molecule has 2 saturated heterocycles. The molecule has 2 aliphatic heterocycles. The monoisotopic (exact) mass is 347 g/mol. The molecule has 0 amide bonds. The first-order chi connectivity index (χ1) is 12.2. The number of hydrogen-bond donors (Lipinski definition) is 1. The number of carbonyl (C=O) groups excluding carboxylic acids is 2. The number of benzene rings is 1. The lowest BCUT2D eigenvalue weighted by Gasteiger charge is -2.42. The van der Waals surface area contributed by atoms with Gasteiger partial charge in [-0.05, 0) is 31.4 Å². The average Bonchev–Trinajstić information content (AvgIpc) is 2.92. The second-order valence-electron chi connectivity index (χ2n) is 6.71. The molecule has 6 heteroatoms. The van der Waals surface area contributed by atoms with E-state index >= 15 is 0 Å². The maximum absolute atomic E-state index is 12.4. The first kappa shape index (κ1) is 17.9. The van der Waals surface area contributed by atoms with E-state index in [1.165, 1.54) is 7.11 Å². The third-order valence-corrected chi connectivity index (χ3v) is 5.33. The third kappa shape index (κ3) is 3.70. The molecule has 0 spiro atoms. The molecule has 0 aromatic heterocycles. The number of hydrogen-bond acceptors (Lipinski definition) is 6. The van der Waals surface area contributed by atoms with Gasteiger partial charge in [-0.1, -0.05) is 18.2 Å². The van der Waals surface area contributed by atoms with E-state index in [0.717, 1.165) is 19.4 Å². The molecule has 0 radical (unpaired) electrons. The Morgan fingerprint density at radius 2 is 2.00 bits per heavy atom. The van der Waals surface area contributed by atoms with Gasteiger partial charge in [-0.15, -0.1) is 0 Å². The summed E-state index contributed by atoms with van der Waals surface area (Å²) in [5.41, 5.74) is 0.487. The van der Waals surface area contributed by atoms with E-state index in [9.17, 15) is 9.59 Å². The van der Waals surface area contributed by atoms with Gasteiger partial charge >= 0.3 is 11.9 Å². The Morgan fingerprint density at radius 3 is 2.68 bits per heavy atom. The number of aliphatic hydroxyl groups excluding tert-OH is 1. The summed E-state index contributed by atoms with van der Waals surface area (Å²) in [5, 5.41) is 9.12. The Hall–Kier alpha value is -1.92. The van der Waals surface area contributed by atoms with Crippen molar-refractivity contribution in [1.82, 2.24) is 4.90 Å². The molecule has 0 saturated carbocycles. The van der Waals surface area contributed by atoms with Crippen molar-refractivity contribution in [3.63, 3.8) is 0 Å². The van der Waals surface area contributed by atoms with Crippen LogP contribution in [-0.2, 0) is 14.3 Å². The minimum Gasteiger partial charge on any atom is -0.469 e. The molecule has 0 aliphatic carbocycles. The van der Waals surface area contributed by atoms with E-state index in [1.54, 1.807) is 24.3 Å². The average molecular weight is 347 g/mol. The Bertz CT molecular complexity index is 605. The molecule has 3 rings (SSSR count). The predicted octanol–water partition coefficient (Wildman–Crippen LogP) is 1.62. The second kappa shape index (κ2) is 7.97. The standard InChI is InChI=1S/C19H25NO5/c1-24-19(23)17-15-9-8-14(20(15)10-5-11-21)12-16(17)25-18(22)13-6-3-2-4-7-13/h2-4,6-7,14-17,21H,5,8-12H2,1H3. The molecule has 1 aromatic carbocycles. The van der Waals surface area contributed by atoms with Gasteiger partial charge < -0.3 is 14.6 Å². The maximum Gasteiger partial charge on any atom is 0.338 e. The molecule has 2 heterocycles. The fourth-order valence-corrected chi connectivity index (χ4v) is 4.22. The number of rotatable bonds is 6. The molecular formula is C19H25NO5. The van der Waals surface area contributed by atoms with Crippen molar-refractivity contribution in [2.75, 3.05) is 20.3 Å². The molecule has 1 aromatic rings. The van der Waals surface area contributed by atoms with Crippen LogP contribution >= 0.6 is 0 Å². The zero-order chi connectivity index (χ0) is 17.8. The van der Waals surface area contributed by atoms with Gasteiger partial charge in [0, 0.05) is 31.7 Å². The zero-order valence-corrected chi connectivity index (χ0v) is 14.5. The summed E-state index contributed by atoms with van der Waals surface area (Å²) in [6.45, 7) is 0.879.